The number of hydrogen-bond acceptors (Lipinski definition) is 1. The van der Waals surface area contributed by atoms with Gasteiger partial charge in [0.1, 0.15) is 0 Å². The zero-order valence-corrected chi connectivity index (χ0v) is 9.36. The minimum Gasteiger partial charge on any atom is -0.324 e. The molecule has 1 aromatic rings. The fourth-order valence-electron chi connectivity index (χ4n) is 1.52. The van der Waals surface area contributed by atoms with Crippen molar-refractivity contribution in [2.45, 2.75) is 31.7 Å². The third-order valence-electron chi connectivity index (χ3n) is 2.52. The molecule has 102 valence electrons. The van der Waals surface area contributed by atoms with Crippen molar-refractivity contribution in [1.29, 1.82) is 0 Å². The van der Waals surface area contributed by atoms with Gasteiger partial charge in [-0.2, -0.15) is 26.3 Å². The molecule has 0 amide bonds. The molecule has 0 saturated carbocycles. The molecule has 7 heteroatoms. The Morgan fingerprint density at radius 3 is 2.00 bits per heavy atom. The third-order valence-corrected chi connectivity index (χ3v) is 2.52. The lowest BCUT2D eigenvalue weighted by Gasteiger charge is -2.19. The molecule has 0 aliphatic carbocycles. The zero-order valence-electron chi connectivity index (χ0n) is 9.36. The molecule has 2 N–H and O–H groups in total. The van der Waals surface area contributed by atoms with Crippen molar-refractivity contribution in [3.05, 3.63) is 34.9 Å². The van der Waals surface area contributed by atoms with Crippen molar-refractivity contribution in [2.75, 3.05) is 0 Å². The van der Waals surface area contributed by atoms with Crippen molar-refractivity contribution in [3.8, 4) is 0 Å². The first-order valence-corrected chi connectivity index (χ1v) is 5.11. The Balaban J connectivity index is 3.39. The van der Waals surface area contributed by atoms with E-state index in [4.69, 9.17) is 5.73 Å². The van der Waals surface area contributed by atoms with Gasteiger partial charge >= 0.3 is 12.4 Å². The topological polar surface area (TPSA) is 26.0 Å². The average molecular weight is 271 g/mol. The van der Waals surface area contributed by atoms with E-state index < -0.39 is 35.1 Å². The summed E-state index contributed by atoms with van der Waals surface area (Å²) in [6.07, 6.45) is -9.29. The molecule has 1 aromatic carbocycles. The summed E-state index contributed by atoms with van der Waals surface area (Å²) >= 11 is 0. The van der Waals surface area contributed by atoms with Crippen molar-refractivity contribution < 1.29 is 26.3 Å². The van der Waals surface area contributed by atoms with Gasteiger partial charge in [0.25, 0.3) is 0 Å². The summed E-state index contributed by atoms with van der Waals surface area (Å²) in [6, 6.07) is 0.225. The Morgan fingerprint density at radius 1 is 1.06 bits per heavy atom. The molecule has 0 radical (unpaired) electrons. The average Bonchev–Trinajstić information content (AvgIpc) is 2.24. The maximum atomic E-state index is 12.6. The number of benzene rings is 1. The largest absolute Gasteiger partial charge is 0.416 e. The van der Waals surface area contributed by atoms with Crippen LogP contribution < -0.4 is 5.73 Å². The van der Waals surface area contributed by atoms with E-state index in [9.17, 15) is 26.3 Å². The number of rotatable bonds is 2. The van der Waals surface area contributed by atoms with Gasteiger partial charge in [0.2, 0.25) is 0 Å². The number of halogens is 6. The molecule has 0 saturated heterocycles. The van der Waals surface area contributed by atoms with Crippen LogP contribution in [0.1, 0.15) is 36.1 Å². The van der Waals surface area contributed by atoms with Gasteiger partial charge in [-0.15, -0.1) is 0 Å². The highest BCUT2D eigenvalue weighted by Gasteiger charge is 2.37. The highest BCUT2D eigenvalue weighted by atomic mass is 19.4. The van der Waals surface area contributed by atoms with Crippen LogP contribution in [-0.4, -0.2) is 0 Å². The molecular weight excluding hydrogens is 260 g/mol. The lowest BCUT2D eigenvalue weighted by Crippen LogP contribution is -2.18. The maximum Gasteiger partial charge on any atom is 0.416 e. The van der Waals surface area contributed by atoms with Crippen molar-refractivity contribution in [2.24, 2.45) is 5.73 Å². The normalized spacial score (nSPS) is 14.7. The van der Waals surface area contributed by atoms with E-state index in [1.54, 1.807) is 0 Å². The first-order chi connectivity index (χ1) is 8.07. The third kappa shape index (κ3) is 3.16. The lowest BCUT2D eigenvalue weighted by molar-refractivity contribution is -0.142. The molecule has 0 aliphatic heterocycles. The van der Waals surface area contributed by atoms with Crippen LogP contribution in [0.3, 0.4) is 0 Å². The van der Waals surface area contributed by atoms with E-state index in [-0.39, 0.29) is 6.42 Å². The monoisotopic (exact) mass is 271 g/mol. The summed E-state index contributed by atoms with van der Waals surface area (Å²) < 4.78 is 75.2. The first kappa shape index (κ1) is 14.8. The predicted molar refractivity (Wildman–Crippen MR) is 53.7 cm³/mol. The van der Waals surface area contributed by atoms with E-state index in [1.807, 2.05) is 0 Å². The minimum atomic E-state index is -4.72. The Hall–Kier alpha value is -1.24. The molecule has 0 bridgehead atoms. The molecule has 18 heavy (non-hydrogen) atoms. The summed E-state index contributed by atoms with van der Waals surface area (Å²) in [6.45, 7) is 1.51. The zero-order chi connectivity index (χ0) is 14.1. The van der Waals surface area contributed by atoms with Crippen LogP contribution in [0.25, 0.3) is 0 Å². The van der Waals surface area contributed by atoms with Gasteiger partial charge in [-0.05, 0) is 30.2 Å². The highest BCUT2D eigenvalue weighted by Crippen LogP contribution is 2.38. The van der Waals surface area contributed by atoms with Crippen LogP contribution in [0.2, 0.25) is 0 Å². The van der Waals surface area contributed by atoms with Crippen LogP contribution in [0, 0.1) is 0 Å². The summed E-state index contributed by atoms with van der Waals surface area (Å²) in [5, 5.41) is 0. The van der Waals surface area contributed by atoms with Crippen molar-refractivity contribution in [3.63, 3.8) is 0 Å². The Labute approximate surface area is 99.6 Å². The summed E-state index contributed by atoms with van der Waals surface area (Å²) in [5.74, 6) is 0. The van der Waals surface area contributed by atoms with Crippen molar-refractivity contribution >= 4 is 0 Å². The minimum absolute atomic E-state index is 0.115. The molecule has 0 aromatic heterocycles. The van der Waals surface area contributed by atoms with Gasteiger partial charge in [0.15, 0.2) is 0 Å². The Morgan fingerprint density at radius 2 is 1.61 bits per heavy atom. The van der Waals surface area contributed by atoms with Gasteiger partial charge in [0, 0.05) is 6.04 Å². The van der Waals surface area contributed by atoms with E-state index in [0.717, 1.165) is 0 Å². The molecule has 1 atom stereocenters. The molecule has 0 aliphatic rings. The van der Waals surface area contributed by atoms with Crippen LogP contribution in [-0.2, 0) is 12.4 Å². The second kappa shape index (κ2) is 4.79. The fourth-order valence-corrected chi connectivity index (χ4v) is 1.52. The summed E-state index contributed by atoms with van der Waals surface area (Å²) in [7, 11) is 0. The van der Waals surface area contributed by atoms with Gasteiger partial charge < -0.3 is 5.73 Å². The lowest BCUT2D eigenvalue weighted by atomic mass is 9.96. The number of alkyl halides is 6. The van der Waals surface area contributed by atoms with Crippen LogP contribution >= 0.6 is 0 Å². The molecule has 1 nitrogen and oxygen atoms in total. The molecule has 0 unspecified atom stereocenters. The molecule has 0 spiro atoms. The Kier molecular flexibility index (Phi) is 3.95. The quantitative estimate of drug-likeness (QED) is 0.804. The molecular formula is C11H11F6N. The standard InChI is InChI=1S/C11H11F6N/c1-2-9(18)7-5-6(10(12,13)14)3-4-8(7)11(15,16)17/h3-5,9H,2,18H2,1H3/t9-/m1/s1. The van der Waals surface area contributed by atoms with Crippen molar-refractivity contribution in [1.82, 2.24) is 0 Å². The summed E-state index contributed by atoms with van der Waals surface area (Å²) in [5.41, 5.74) is 2.66. The van der Waals surface area contributed by atoms with Gasteiger partial charge in [0.05, 0.1) is 11.1 Å². The fraction of sp³-hybridized carbons (Fsp3) is 0.455. The van der Waals surface area contributed by atoms with Crippen LogP contribution in [0.15, 0.2) is 18.2 Å². The summed E-state index contributed by atoms with van der Waals surface area (Å²) in [4.78, 5) is 0. The smallest absolute Gasteiger partial charge is 0.324 e. The highest BCUT2D eigenvalue weighted by molar-refractivity contribution is 5.37. The van der Waals surface area contributed by atoms with Crippen LogP contribution in [0.4, 0.5) is 26.3 Å². The first-order valence-electron chi connectivity index (χ1n) is 5.11. The van der Waals surface area contributed by atoms with E-state index >= 15 is 0 Å². The maximum absolute atomic E-state index is 12.6. The predicted octanol–water partition coefficient (Wildman–Crippen LogP) is 4.13. The Bertz CT molecular complexity index is 421. The van der Waals surface area contributed by atoms with Gasteiger partial charge in [-0.25, -0.2) is 0 Å². The molecule has 0 heterocycles. The van der Waals surface area contributed by atoms with E-state index in [2.05, 4.69) is 0 Å². The number of nitrogens with two attached hydrogens (primary N) is 1. The van der Waals surface area contributed by atoms with E-state index in [1.165, 1.54) is 6.92 Å². The van der Waals surface area contributed by atoms with Gasteiger partial charge in [-0.1, -0.05) is 6.92 Å². The second-order valence-electron chi connectivity index (χ2n) is 3.81. The second-order valence-corrected chi connectivity index (χ2v) is 3.81. The number of hydrogen-bond donors (Lipinski definition) is 1. The molecule has 1 rings (SSSR count). The SMILES string of the molecule is CC[C@@H](N)c1cc(C(F)(F)F)ccc1C(F)(F)F. The van der Waals surface area contributed by atoms with Gasteiger partial charge in [-0.3, -0.25) is 0 Å². The van der Waals surface area contributed by atoms with Crippen LogP contribution in [0.5, 0.6) is 0 Å². The van der Waals surface area contributed by atoms with E-state index in [0.29, 0.717) is 18.2 Å². The molecule has 0 fully saturated rings.